The Morgan fingerprint density at radius 2 is 1.87 bits per heavy atom. The molecule has 2 rings (SSSR count). The maximum absolute atomic E-state index is 12.3. The zero-order valence-electron chi connectivity index (χ0n) is 13.5. The van der Waals surface area contributed by atoms with Gasteiger partial charge in [-0.25, -0.2) is 8.42 Å². The third kappa shape index (κ3) is 4.35. The number of amides is 1. The van der Waals surface area contributed by atoms with Crippen molar-refractivity contribution in [2.24, 2.45) is 0 Å². The SMILES string of the molecule is COc1cc(OC)cc(C(=O)NCC2CCCN2S(C)(=O)=O)c1. The molecule has 7 nitrogen and oxygen atoms in total. The first-order valence-corrected chi connectivity index (χ1v) is 9.18. The number of hydrogen-bond donors (Lipinski definition) is 1. The predicted molar refractivity (Wildman–Crippen MR) is 86.5 cm³/mol. The zero-order valence-corrected chi connectivity index (χ0v) is 14.4. The summed E-state index contributed by atoms with van der Waals surface area (Å²) >= 11 is 0. The van der Waals surface area contributed by atoms with Crippen molar-refractivity contribution in [3.8, 4) is 11.5 Å². The van der Waals surface area contributed by atoms with E-state index in [1.165, 1.54) is 24.8 Å². The summed E-state index contributed by atoms with van der Waals surface area (Å²) in [7, 11) is -0.218. The first kappa shape index (κ1) is 17.6. The van der Waals surface area contributed by atoms with Crippen LogP contribution < -0.4 is 14.8 Å². The third-order valence-electron chi connectivity index (χ3n) is 3.86. The molecule has 0 bridgehead atoms. The van der Waals surface area contributed by atoms with Crippen LogP contribution in [0.4, 0.5) is 0 Å². The van der Waals surface area contributed by atoms with E-state index in [9.17, 15) is 13.2 Å². The number of nitrogens with zero attached hydrogens (tertiary/aromatic N) is 1. The van der Waals surface area contributed by atoms with E-state index in [4.69, 9.17) is 9.47 Å². The average Bonchev–Trinajstić information content (AvgIpc) is 3.00. The van der Waals surface area contributed by atoms with Crippen LogP contribution in [-0.4, -0.2) is 58.2 Å². The molecule has 1 heterocycles. The molecule has 0 saturated carbocycles. The number of rotatable bonds is 6. The van der Waals surface area contributed by atoms with Gasteiger partial charge in [-0.3, -0.25) is 4.79 Å². The quantitative estimate of drug-likeness (QED) is 0.829. The van der Waals surface area contributed by atoms with Crippen LogP contribution in [0.3, 0.4) is 0 Å². The Bertz CT molecular complexity index is 652. The summed E-state index contributed by atoms with van der Waals surface area (Å²) < 4.78 is 35.1. The molecule has 1 fully saturated rings. The fourth-order valence-corrected chi connectivity index (χ4v) is 3.88. The van der Waals surface area contributed by atoms with E-state index in [0.717, 1.165) is 12.8 Å². The van der Waals surface area contributed by atoms with Crippen molar-refractivity contribution in [3.05, 3.63) is 23.8 Å². The summed E-state index contributed by atoms with van der Waals surface area (Å²) in [5.41, 5.74) is 0.408. The molecule has 8 heteroatoms. The number of hydrogen-bond acceptors (Lipinski definition) is 5. The fourth-order valence-electron chi connectivity index (χ4n) is 2.70. The van der Waals surface area contributed by atoms with E-state index in [0.29, 0.717) is 23.6 Å². The molecule has 0 aromatic heterocycles. The van der Waals surface area contributed by atoms with Gasteiger partial charge < -0.3 is 14.8 Å². The van der Waals surface area contributed by atoms with E-state index in [1.54, 1.807) is 18.2 Å². The molecule has 23 heavy (non-hydrogen) atoms. The summed E-state index contributed by atoms with van der Waals surface area (Å²) in [5, 5.41) is 2.79. The van der Waals surface area contributed by atoms with Gasteiger partial charge in [-0.05, 0) is 25.0 Å². The molecule has 1 saturated heterocycles. The van der Waals surface area contributed by atoms with Crippen molar-refractivity contribution in [1.82, 2.24) is 9.62 Å². The van der Waals surface area contributed by atoms with Crippen LogP contribution in [0.2, 0.25) is 0 Å². The molecule has 0 spiro atoms. The predicted octanol–water partition coefficient (Wildman–Crippen LogP) is 0.858. The lowest BCUT2D eigenvalue weighted by atomic mass is 10.1. The average molecular weight is 342 g/mol. The Labute approximate surface area is 136 Å². The van der Waals surface area contributed by atoms with E-state index in [2.05, 4.69) is 5.32 Å². The van der Waals surface area contributed by atoms with Crippen LogP contribution in [0.25, 0.3) is 0 Å². The van der Waals surface area contributed by atoms with Gasteiger partial charge in [-0.15, -0.1) is 0 Å². The molecule has 128 valence electrons. The van der Waals surface area contributed by atoms with Gasteiger partial charge in [0, 0.05) is 30.8 Å². The van der Waals surface area contributed by atoms with Crippen LogP contribution in [-0.2, 0) is 10.0 Å². The van der Waals surface area contributed by atoms with E-state index in [1.807, 2.05) is 0 Å². The van der Waals surface area contributed by atoms with Gasteiger partial charge in [0.15, 0.2) is 0 Å². The fraction of sp³-hybridized carbons (Fsp3) is 0.533. The molecule has 1 amide bonds. The van der Waals surface area contributed by atoms with Crippen LogP contribution >= 0.6 is 0 Å². The molecule has 1 atom stereocenters. The minimum Gasteiger partial charge on any atom is -0.497 e. The van der Waals surface area contributed by atoms with Crippen molar-refractivity contribution >= 4 is 15.9 Å². The summed E-state index contributed by atoms with van der Waals surface area (Å²) in [6.07, 6.45) is 2.75. The van der Waals surface area contributed by atoms with Crippen molar-refractivity contribution in [2.45, 2.75) is 18.9 Å². The second kappa shape index (κ2) is 7.18. The van der Waals surface area contributed by atoms with Crippen LogP contribution in [0.1, 0.15) is 23.2 Å². The van der Waals surface area contributed by atoms with Crippen molar-refractivity contribution in [2.75, 3.05) is 33.6 Å². The lowest BCUT2D eigenvalue weighted by Gasteiger charge is -2.22. The number of nitrogens with one attached hydrogen (secondary N) is 1. The maximum Gasteiger partial charge on any atom is 0.251 e. The number of carbonyl (C=O) groups excluding carboxylic acids is 1. The number of benzene rings is 1. The molecule has 1 aliphatic rings. The molecule has 1 aromatic rings. The molecular formula is C15H22N2O5S. The standard InChI is InChI=1S/C15H22N2O5S/c1-21-13-7-11(8-14(9-13)22-2)15(18)16-10-12-5-4-6-17(12)23(3,19)20/h7-9,12H,4-6,10H2,1-3H3,(H,16,18). The highest BCUT2D eigenvalue weighted by Crippen LogP contribution is 2.23. The molecule has 1 unspecified atom stereocenters. The maximum atomic E-state index is 12.3. The molecule has 0 radical (unpaired) electrons. The number of carbonyl (C=O) groups is 1. The van der Waals surface area contributed by atoms with E-state index >= 15 is 0 Å². The molecule has 1 aromatic carbocycles. The third-order valence-corrected chi connectivity index (χ3v) is 5.19. The first-order chi connectivity index (χ1) is 10.8. The van der Waals surface area contributed by atoms with Gasteiger partial charge in [-0.1, -0.05) is 0 Å². The second-order valence-electron chi connectivity index (χ2n) is 5.48. The minimum absolute atomic E-state index is 0.193. The van der Waals surface area contributed by atoms with Gasteiger partial charge in [0.25, 0.3) is 5.91 Å². The number of sulfonamides is 1. The summed E-state index contributed by atoms with van der Waals surface area (Å²) in [6, 6.07) is 4.71. The summed E-state index contributed by atoms with van der Waals surface area (Å²) in [4.78, 5) is 12.3. The highest BCUT2D eigenvalue weighted by atomic mass is 32.2. The van der Waals surface area contributed by atoms with Crippen molar-refractivity contribution in [3.63, 3.8) is 0 Å². The molecular weight excluding hydrogens is 320 g/mol. The molecule has 1 N–H and O–H groups in total. The Kier molecular flexibility index (Phi) is 5.48. The Morgan fingerprint density at radius 1 is 1.26 bits per heavy atom. The summed E-state index contributed by atoms with van der Waals surface area (Å²) in [6.45, 7) is 0.789. The Morgan fingerprint density at radius 3 is 2.39 bits per heavy atom. The van der Waals surface area contributed by atoms with Gasteiger partial charge in [0.2, 0.25) is 10.0 Å². The first-order valence-electron chi connectivity index (χ1n) is 7.33. The van der Waals surface area contributed by atoms with E-state index < -0.39 is 10.0 Å². The highest BCUT2D eigenvalue weighted by Gasteiger charge is 2.31. The van der Waals surface area contributed by atoms with Gasteiger partial charge >= 0.3 is 0 Å². The van der Waals surface area contributed by atoms with Gasteiger partial charge in [-0.2, -0.15) is 4.31 Å². The number of ether oxygens (including phenoxy) is 2. The van der Waals surface area contributed by atoms with E-state index in [-0.39, 0.29) is 18.5 Å². The molecule has 0 aliphatic carbocycles. The zero-order chi connectivity index (χ0) is 17.0. The highest BCUT2D eigenvalue weighted by molar-refractivity contribution is 7.88. The summed E-state index contributed by atoms with van der Waals surface area (Å²) in [5.74, 6) is 0.754. The normalized spacial score (nSPS) is 18.7. The smallest absolute Gasteiger partial charge is 0.251 e. The minimum atomic E-state index is -3.24. The number of methoxy groups -OCH3 is 2. The van der Waals surface area contributed by atoms with Crippen LogP contribution in [0, 0.1) is 0 Å². The van der Waals surface area contributed by atoms with Crippen molar-refractivity contribution < 1.29 is 22.7 Å². The second-order valence-corrected chi connectivity index (χ2v) is 7.42. The van der Waals surface area contributed by atoms with Gasteiger partial charge in [0.05, 0.1) is 20.5 Å². The van der Waals surface area contributed by atoms with Crippen LogP contribution in [0.5, 0.6) is 11.5 Å². The Hall–Kier alpha value is -1.80. The molecule has 1 aliphatic heterocycles. The van der Waals surface area contributed by atoms with Crippen LogP contribution in [0.15, 0.2) is 18.2 Å². The monoisotopic (exact) mass is 342 g/mol. The van der Waals surface area contributed by atoms with Gasteiger partial charge in [0.1, 0.15) is 11.5 Å². The largest absolute Gasteiger partial charge is 0.497 e. The lowest BCUT2D eigenvalue weighted by Crippen LogP contribution is -2.42. The topological polar surface area (TPSA) is 84.9 Å². The van der Waals surface area contributed by atoms with Crippen molar-refractivity contribution in [1.29, 1.82) is 0 Å². The lowest BCUT2D eigenvalue weighted by molar-refractivity contribution is 0.0946. The Balaban J connectivity index is 2.05.